The standard InChI is InChI=1S/C25H22F3N5O3S/c1-14(34)24(2,3)15-7-9-16(10-8-15)30-21-17-11-12-19(20-18(25(26,27)28)6-5-13-29-20)31-22(17)33-23(32-21)37(4,35)36/h5-13H,1-4H3,(H,30,31,32,33). The van der Waals surface area contributed by atoms with E-state index >= 15 is 0 Å². The molecule has 0 unspecified atom stereocenters. The van der Waals surface area contributed by atoms with Crippen LogP contribution in [0.3, 0.4) is 0 Å². The molecule has 0 aliphatic carbocycles. The predicted molar refractivity (Wildman–Crippen MR) is 132 cm³/mol. The van der Waals surface area contributed by atoms with Crippen molar-refractivity contribution in [3.8, 4) is 11.4 Å². The van der Waals surface area contributed by atoms with E-state index in [1.165, 1.54) is 31.3 Å². The number of benzene rings is 1. The smallest absolute Gasteiger partial charge is 0.340 e. The Morgan fingerprint density at radius 2 is 1.62 bits per heavy atom. The largest absolute Gasteiger partial charge is 0.418 e. The van der Waals surface area contributed by atoms with Crippen molar-refractivity contribution in [2.24, 2.45) is 0 Å². The predicted octanol–water partition coefficient (Wildman–Crippen LogP) is 5.12. The molecule has 192 valence electrons. The fourth-order valence-corrected chi connectivity index (χ4v) is 4.04. The number of halogens is 3. The third kappa shape index (κ3) is 5.29. The van der Waals surface area contributed by atoms with Crippen molar-refractivity contribution in [3.63, 3.8) is 0 Å². The van der Waals surface area contributed by atoms with Crippen molar-refractivity contribution in [2.75, 3.05) is 11.6 Å². The van der Waals surface area contributed by atoms with Crippen molar-refractivity contribution in [2.45, 2.75) is 37.5 Å². The van der Waals surface area contributed by atoms with Crippen LogP contribution in [0.1, 0.15) is 31.9 Å². The molecule has 0 bridgehead atoms. The zero-order valence-corrected chi connectivity index (χ0v) is 21.1. The monoisotopic (exact) mass is 529 g/mol. The zero-order valence-electron chi connectivity index (χ0n) is 20.3. The van der Waals surface area contributed by atoms with Gasteiger partial charge >= 0.3 is 6.18 Å². The Morgan fingerprint density at radius 1 is 0.946 bits per heavy atom. The second-order valence-electron chi connectivity index (χ2n) is 8.98. The topological polar surface area (TPSA) is 115 Å². The molecular formula is C25H22F3N5O3S. The van der Waals surface area contributed by atoms with E-state index in [1.54, 1.807) is 24.3 Å². The highest BCUT2D eigenvalue weighted by atomic mass is 32.2. The first-order chi connectivity index (χ1) is 17.2. The number of rotatable bonds is 6. The Morgan fingerprint density at radius 3 is 2.22 bits per heavy atom. The Labute approximate surface area is 210 Å². The lowest BCUT2D eigenvalue weighted by Gasteiger charge is -2.22. The average Bonchev–Trinajstić information content (AvgIpc) is 2.82. The molecule has 0 aliphatic heterocycles. The van der Waals surface area contributed by atoms with Crippen molar-refractivity contribution < 1.29 is 26.4 Å². The van der Waals surface area contributed by atoms with Gasteiger partial charge in [0.2, 0.25) is 9.84 Å². The summed E-state index contributed by atoms with van der Waals surface area (Å²) < 4.78 is 65.1. The number of aromatic nitrogens is 4. The molecule has 0 fully saturated rings. The van der Waals surface area contributed by atoms with Crippen molar-refractivity contribution in [1.29, 1.82) is 0 Å². The van der Waals surface area contributed by atoms with Gasteiger partial charge in [-0.15, -0.1) is 0 Å². The summed E-state index contributed by atoms with van der Waals surface area (Å²) in [5.74, 6) is 0.0939. The molecule has 0 amide bonds. The zero-order chi connectivity index (χ0) is 27.2. The second kappa shape index (κ2) is 9.18. The number of anilines is 2. The summed E-state index contributed by atoms with van der Waals surface area (Å²) in [5.41, 5.74) is -0.998. The minimum absolute atomic E-state index is 0.00346. The van der Waals surface area contributed by atoms with Crippen LogP contribution in [0.2, 0.25) is 0 Å². The summed E-state index contributed by atoms with van der Waals surface area (Å²) in [6.45, 7) is 5.13. The van der Waals surface area contributed by atoms with E-state index in [0.717, 1.165) is 17.9 Å². The lowest BCUT2D eigenvalue weighted by Crippen LogP contribution is -2.26. The van der Waals surface area contributed by atoms with Crippen LogP contribution >= 0.6 is 0 Å². The van der Waals surface area contributed by atoms with E-state index in [9.17, 15) is 26.4 Å². The molecule has 1 aromatic carbocycles. The highest BCUT2D eigenvalue weighted by Gasteiger charge is 2.35. The molecule has 4 aromatic rings. The van der Waals surface area contributed by atoms with Crippen LogP contribution in [-0.2, 0) is 26.2 Å². The molecule has 8 nitrogen and oxygen atoms in total. The normalized spacial score (nSPS) is 12.5. The van der Waals surface area contributed by atoms with Crippen LogP contribution in [0.4, 0.5) is 24.7 Å². The van der Waals surface area contributed by atoms with Crippen molar-refractivity contribution >= 4 is 38.2 Å². The minimum Gasteiger partial charge on any atom is -0.340 e. The Hall–Kier alpha value is -3.93. The summed E-state index contributed by atoms with van der Waals surface area (Å²) in [6.07, 6.45) is -2.54. The highest BCUT2D eigenvalue weighted by molar-refractivity contribution is 7.90. The number of carbonyl (C=O) groups is 1. The van der Waals surface area contributed by atoms with Crippen LogP contribution in [-0.4, -0.2) is 40.4 Å². The van der Waals surface area contributed by atoms with Gasteiger partial charge in [0.05, 0.1) is 16.6 Å². The SMILES string of the molecule is CC(=O)C(C)(C)c1ccc(Nc2nc(S(C)(=O)=O)nc3nc(-c4ncccc4C(F)(F)F)ccc23)cc1. The number of ketones is 1. The summed E-state index contributed by atoms with van der Waals surface area (Å²) in [7, 11) is -3.89. The van der Waals surface area contributed by atoms with Gasteiger partial charge in [-0.2, -0.15) is 23.1 Å². The van der Waals surface area contributed by atoms with Crippen molar-refractivity contribution in [1.82, 2.24) is 19.9 Å². The van der Waals surface area contributed by atoms with Gasteiger partial charge in [0.25, 0.3) is 5.16 Å². The highest BCUT2D eigenvalue weighted by Crippen LogP contribution is 2.36. The number of hydrogen-bond acceptors (Lipinski definition) is 8. The first kappa shape index (κ1) is 26.1. The van der Waals surface area contributed by atoms with Crippen LogP contribution < -0.4 is 5.32 Å². The summed E-state index contributed by atoms with van der Waals surface area (Å²) in [4.78, 5) is 28.1. The number of pyridine rings is 2. The number of nitrogens with one attached hydrogen (secondary N) is 1. The van der Waals surface area contributed by atoms with Crippen molar-refractivity contribution in [3.05, 3.63) is 65.9 Å². The van der Waals surface area contributed by atoms with Gasteiger partial charge in [-0.25, -0.2) is 13.4 Å². The van der Waals surface area contributed by atoms with Crippen LogP contribution in [0.5, 0.6) is 0 Å². The third-order valence-electron chi connectivity index (χ3n) is 5.98. The number of nitrogens with zero attached hydrogens (tertiary/aromatic N) is 4. The molecule has 0 radical (unpaired) electrons. The molecule has 0 saturated carbocycles. The molecule has 0 aliphatic rings. The second-order valence-corrected chi connectivity index (χ2v) is 10.9. The summed E-state index contributed by atoms with van der Waals surface area (Å²) in [5, 5.41) is 2.77. The Kier molecular flexibility index (Phi) is 6.49. The number of hydrogen-bond donors (Lipinski definition) is 1. The average molecular weight is 530 g/mol. The molecule has 1 N–H and O–H groups in total. The Bertz CT molecular complexity index is 1620. The third-order valence-corrected chi connectivity index (χ3v) is 6.82. The Balaban J connectivity index is 1.83. The number of fused-ring (bicyclic) bond motifs is 1. The van der Waals surface area contributed by atoms with Gasteiger partial charge in [0.15, 0.2) is 5.65 Å². The maximum atomic E-state index is 13.5. The molecule has 0 saturated heterocycles. The minimum atomic E-state index is -4.67. The summed E-state index contributed by atoms with van der Waals surface area (Å²) in [6, 6.07) is 11.8. The van der Waals surface area contributed by atoms with Gasteiger partial charge in [0, 0.05) is 23.6 Å². The van der Waals surface area contributed by atoms with Crippen LogP contribution in [0.25, 0.3) is 22.4 Å². The quantitative estimate of drug-likeness (QED) is 0.342. The molecular weight excluding hydrogens is 507 g/mol. The van der Waals surface area contributed by atoms with Crippen LogP contribution in [0, 0.1) is 0 Å². The molecule has 4 rings (SSSR count). The van der Waals surface area contributed by atoms with Gasteiger partial charge in [-0.05, 0) is 62.7 Å². The van der Waals surface area contributed by atoms with Crippen LogP contribution in [0.15, 0.2) is 59.9 Å². The first-order valence-electron chi connectivity index (χ1n) is 11.0. The maximum absolute atomic E-state index is 13.5. The molecule has 0 spiro atoms. The molecule has 37 heavy (non-hydrogen) atoms. The van der Waals surface area contributed by atoms with Gasteiger partial charge in [-0.1, -0.05) is 12.1 Å². The summed E-state index contributed by atoms with van der Waals surface area (Å²) >= 11 is 0. The number of carbonyl (C=O) groups excluding carboxylic acids is 1. The lowest BCUT2D eigenvalue weighted by atomic mass is 9.81. The molecule has 0 atom stereocenters. The van der Waals surface area contributed by atoms with Gasteiger partial charge in [-0.3, -0.25) is 9.78 Å². The van der Waals surface area contributed by atoms with Gasteiger partial charge < -0.3 is 5.32 Å². The maximum Gasteiger partial charge on any atom is 0.418 e. The van der Waals surface area contributed by atoms with E-state index in [2.05, 4.69) is 25.3 Å². The number of alkyl halides is 3. The fraction of sp³-hybridized carbons (Fsp3) is 0.240. The van der Waals surface area contributed by atoms with E-state index in [4.69, 9.17) is 0 Å². The van der Waals surface area contributed by atoms with E-state index in [1.807, 2.05) is 13.8 Å². The molecule has 3 heterocycles. The van der Waals surface area contributed by atoms with E-state index in [-0.39, 0.29) is 28.3 Å². The molecule has 12 heteroatoms. The first-order valence-corrected chi connectivity index (χ1v) is 12.9. The van der Waals surface area contributed by atoms with Gasteiger partial charge in [0.1, 0.15) is 17.3 Å². The molecule has 3 aromatic heterocycles. The fourth-order valence-electron chi connectivity index (χ4n) is 3.53. The number of Topliss-reactive ketones (excluding diaryl/α,β-unsaturated/α-hetero) is 1. The van der Waals surface area contributed by atoms with E-state index in [0.29, 0.717) is 5.69 Å². The number of sulfone groups is 1. The lowest BCUT2D eigenvalue weighted by molar-refractivity contribution is -0.137. The van der Waals surface area contributed by atoms with E-state index < -0.39 is 37.8 Å².